The highest BCUT2D eigenvalue weighted by Crippen LogP contribution is 2.05. The van der Waals surface area contributed by atoms with Crippen molar-refractivity contribution in [2.75, 3.05) is 12.4 Å². The Labute approximate surface area is 81.4 Å². The smallest absolute Gasteiger partial charge is 0.334 e. The van der Waals surface area contributed by atoms with Gasteiger partial charge in [-0.25, -0.2) is 4.79 Å². The molecule has 0 radical (unpaired) electrons. The Kier molecular flexibility index (Phi) is 6.76. The number of hydrogen-bond donors (Lipinski definition) is 0. The van der Waals surface area contributed by atoms with E-state index in [4.69, 9.17) is 0 Å². The Morgan fingerprint density at radius 3 is 2.67 bits per heavy atom. The van der Waals surface area contributed by atoms with Gasteiger partial charge in [0.15, 0.2) is 0 Å². The minimum absolute atomic E-state index is 0.268. The number of ether oxygens (including phenoxy) is 1. The highest BCUT2D eigenvalue weighted by molar-refractivity contribution is 9.09. The fraction of sp³-hybridized carbons (Fsp3) is 0.444. The van der Waals surface area contributed by atoms with Gasteiger partial charge in [0, 0.05) is 10.9 Å². The summed E-state index contributed by atoms with van der Waals surface area (Å²) < 4.78 is 4.57. The number of hydrogen-bond acceptors (Lipinski definition) is 2. The molecule has 0 aliphatic carbocycles. The van der Waals surface area contributed by atoms with Crippen molar-refractivity contribution in [2.45, 2.75) is 12.8 Å². The molecule has 0 N–H and O–H groups in total. The van der Waals surface area contributed by atoms with Crippen LogP contribution in [0, 0.1) is 0 Å². The van der Waals surface area contributed by atoms with Gasteiger partial charge in [0.25, 0.3) is 0 Å². The van der Waals surface area contributed by atoms with Gasteiger partial charge in [-0.2, -0.15) is 0 Å². The summed E-state index contributed by atoms with van der Waals surface area (Å²) in [6.07, 6.45) is 5.40. The molecule has 0 fully saturated rings. The van der Waals surface area contributed by atoms with E-state index < -0.39 is 0 Å². The molecule has 0 amide bonds. The van der Waals surface area contributed by atoms with Gasteiger partial charge in [0.1, 0.15) is 0 Å². The standard InChI is InChI=1S/C9H13BrO2/c1-3-4-5-6-8(7-10)9(11)12-2/h3,6H,1,4-5,7H2,2H3/b8-6+. The molecule has 0 aliphatic heterocycles. The summed E-state index contributed by atoms with van der Waals surface area (Å²) in [6.45, 7) is 3.59. The van der Waals surface area contributed by atoms with Gasteiger partial charge >= 0.3 is 5.97 Å². The van der Waals surface area contributed by atoms with E-state index >= 15 is 0 Å². The first-order valence-corrected chi connectivity index (χ1v) is 4.82. The van der Waals surface area contributed by atoms with Crippen molar-refractivity contribution in [2.24, 2.45) is 0 Å². The van der Waals surface area contributed by atoms with Crippen molar-refractivity contribution in [1.29, 1.82) is 0 Å². The minimum atomic E-state index is -0.268. The third-order valence-electron chi connectivity index (χ3n) is 1.35. The van der Waals surface area contributed by atoms with Crippen LogP contribution < -0.4 is 0 Å². The van der Waals surface area contributed by atoms with Crippen molar-refractivity contribution < 1.29 is 9.53 Å². The Balaban J connectivity index is 4.03. The molecule has 68 valence electrons. The lowest BCUT2D eigenvalue weighted by Crippen LogP contribution is -2.05. The maximum absolute atomic E-state index is 11.0. The maximum atomic E-state index is 11.0. The lowest BCUT2D eigenvalue weighted by Gasteiger charge is -1.99. The fourth-order valence-corrected chi connectivity index (χ4v) is 1.16. The molecule has 0 bridgehead atoms. The first-order chi connectivity index (χ1) is 5.76. The second kappa shape index (κ2) is 7.10. The zero-order valence-electron chi connectivity index (χ0n) is 7.18. The van der Waals surface area contributed by atoms with Crippen LogP contribution in [0.25, 0.3) is 0 Å². The zero-order valence-corrected chi connectivity index (χ0v) is 8.76. The van der Waals surface area contributed by atoms with Crippen LogP contribution >= 0.6 is 15.9 Å². The van der Waals surface area contributed by atoms with Crippen LogP contribution in [-0.2, 0) is 9.53 Å². The predicted octanol–water partition coefficient (Wildman–Crippen LogP) is 2.45. The minimum Gasteiger partial charge on any atom is -0.466 e. The highest BCUT2D eigenvalue weighted by atomic mass is 79.9. The normalized spacial score (nSPS) is 11.0. The molecule has 0 saturated heterocycles. The number of methoxy groups -OCH3 is 1. The van der Waals surface area contributed by atoms with Crippen molar-refractivity contribution >= 4 is 21.9 Å². The molecule has 0 aromatic rings. The Morgan fingerprint density at radius 2 is 2.25 bits per heavy atom. The quantitative estimate of drug-likeness (QED) is 0.240. The first kappa shape index (κ1) is 11.4. The molecule has 0 atom stereocenters. The lowest BCUT2D eigenvalue weighted by atomic mass is 10.2. The number of alkyl halides is 1. The van der Waals surface area contributed by atoms with Gasteiger partial charge < -0.3 is 4.74 Å². The average molecular weight is 233 g/mol. The van der Waals surface area contributed by atoms with Crippen LogP contribution in [0.4, 0.5) is 0 Å². The molecule has 3 heteroatoms. The largest absolute Gasteiger partial charge is 0.466 e. The van der Waals surface area contributed by atoms with E-state index in [1.54, 1.807) is 0 Å². The Hall–Kier alpha value is -0.570. The molecule has 0 rings (SSSR count). The molecule has 0 aromatic carbocycles. The summed E-state index contributed by atoms with van der Waals surface area (Å²) in [5, 5.41) is 0.539. The van der Waals surface area contributed by atoms with Crippen LogP contribution in [0.2, 0.25) is 0 Å². The molecule has 0 aromatic heterocycles. The number of carbonyl (C=O) groups excluding carboxylic acids is 1. The van der Waals surface area contributed by atoms with Gasteiger partial charge in [-0.1, -0.05) is 28.1 Å². The van der Waals surface area contributed by atoms with Crippen molar-refractivity contribution in [3.63, 3.8) is 0 Å². The van der Waals surface area contributed by atoms with Gasteiger partial charge in [-0.05, 0) is 12.8 Å². The van der Waals surface area contributed by atoms with Gasteiger partial charge in [0.05, 0.1) is 7.11 Å². The van der Waals surface area contributed by atoms with E-state index in [1.807, 2.05) is 12.2 Å². The molecule has 12 heavy (non-hydrogen) atoms. The van der Waals surface area contributed by atoms with Crippen LogP contribution in [0.15, 0.2) is 24.3 Å². The molecule has 0 saturated carbocycles. The van der Waals surface area contributed by atoms with E-state index in [2.05, 4.69) is 27.2 Å². The van der Waals surface area contributed by atoms with E-state index in [0.717, 1.165) is 12.8 Å². The van der Waals surface area contributed by atoms with E-state index in [-0.39, 0.29) is 5.97 Å². The van der Waals surface area contributed by atoms with Crippen molar-refractivity contribution in [3.8, 4) is 0 Å². The molecule has 0 aliphatic rings. The van der Waals surface area contributed by atoms with Crippen molar-refractivity contribution in [1.82, 2.24) is 0 Å². The fourth-order valence-electron chi connectivity index (χ4n) is 0.699. The summed E-state index contributed by atoms with van der Waals surface area (Å²) in [4.78, 5) is 11.0. The van der Waals surface area contributed by atoms with Crippen LogP contribution in [0.5, 0.6) is 0 Å². The number of rotatable bonds is 5. The monoisotopic (exact) mass is 232 g/mol. The summed E-state index contributed by atoms with van der Waals surface area (Å²) in [7, 11) is 1.38. The topological polar surface area (TPSA) is 26.3 Å². The number of esters is 1. The summed E-state index contributed by atoms with van der Waals surface area (Å²) in [5.74, 6) is -0.268. The van der Waals surface area contributed by atoms with Gasteiger partial charge in [0.2, 0.25) is 0 Å². The lowest BCUT2D eigenvalue weighted by molar-refractivity contribution is -0.135. The van der Waals surface area contributed by atoms with E-state index in [1.165, 1.54) is 7.11 Å². The Morgan fingerprint density at radius 1 is 1.58 bits per heavy atom. The highest BCUT2D eigenvalue weighted by Gasteiger charge is 2.05. The van der Waals surface area contributed by atoms with Crippen LogP contribution in [0.1, 0.15) is 12.8 Å². The molecular formula is C9H13BrO2. The molecule has 0 unspecified atom stereocenters. The second-order valence-corrected chi connectivity index (χ2v) is 2.78. The number of allylic oxidation sites excluding steroid dienone is 2. The zero-order chi connectivity index (χ0) is 9.40. The number of carbonyl (C=O) groups is 1. The third-order valence-corrected chi connectivity index (χ3v) is 1.96. The third kappa shape index (κ3) is 4.34. The number of halogens is 1. The summed E-state index contributed by atoms with van der Waals surface area (Å²) >= 11 is 3.21. The van der Waals surface area contributed by atoms with Gasteiger partial charge in [-0.15, -0.1) is 6.58 Å². The average Bonchev–Trinajstić information content (AvgIpc) is 2.11. The van der Waals surface area contributed by atoms with Crippen LogP contribution in [0.3, 0.4) is 0 Å². The second-order valence-electron chi connectivity index (χ2n) is 2.22. The van der Waals surface area contributed by atoms with Crippen LogP contribution in [-0.4, -0.2) is 18.4 Å². The first-order valence-electron chi connectivity index (χ1n) is 3.70. The maximum Gasteiger partial charge on any atom is 0.334 e. The van der Waals surface area contributed by atoms with Gasteiger partial charge in [-0.3, -0.25) is 0 Å². The van der Waals surface area contributed by atoms with E-state index in [0.29, 0.717) is 10.9 Å². The van der Waals surface area contributed by atoms with E-state index in [9.17, 15) is 4.79 Å². The Bertz CT molecular complexity index is 185. The molecular weight excluding hydrogens is 220 g/mol. The summed E-state index contributed by atoms with van der Waals surface area (Å²) in [6, 6.07) is 0. The molecule has 0 spiro atoms. The summed E-state index contributed by atoms with van der Waals surface area (Å²) in [5.41, 5.74) is 0.666. The van der Waals surface area contributed by atoms with Crippen molar-refractivity contribution in [3.05, 3.63) is 24.3 Å². The number of unbranched alkanes of at least 4 members (excludes halogenated alkanes) is 1. The SMILES string of the molecule is C=CCC/C=C(\CBr)C(=O)OC. The molecule has 2 nitrogen and oxygen atoms in total. The molecule has 0 heterocycles. The predicted molar refractivity (Wildman–Crippen MR) is 53.3 cm³/mol.